The zero-order valence-electron chi connectivity index (χ0n) is 13.5. The summed E-state index contributed by atoms with van der Waals surface area (Å²) >= 11 is 7.19. The molecule has 6 nitrogen and oxygen atoms in total. The number of amides is 1. The molecule has 24 heavy (non-hydrogen) atoms. The van der Waals surface area contributed by atoms with E-state index >= 15 is 0 Å². The molecule has 0 aliphatic heterocycles. The van der Waals surface area contributed by atoms with Gasteiger partial charge in [-0.25, -0.2) is 9.89 Å². The maximum absolute atomic E-state index is 11.9. The molecule has 2 rings (SSSR count). The Labute approximate surface area is 150 Å². The number of rotatable bonds is 9. The number of carbonyl (C=O) groups is 1. The second kappa shape index (κ2) is 9.54. The Kier molecular flexibility index (Phi) is 7.39. The Morgan fingerprint density at radius 1 is 1.46 bits per heavy atom. The number of hydrogen-bond acceptors (Lipinski definition) is 4. The maximum atomic E-state index is 11.9. The molecule has 0 radical (unpaired) electrons. The summed E-state index contributed by atoms with van der Waals surface area (Å²) in [5.74, 6) is 0.144. The van der Waals surface area contributed by atoms with Crippen LogP contribution in [-0.4, -0.2) is 33.0 Å². The number of thioether (sulfide) groups is 1. The Bertz CT molecular complexity index is 729. The van der Waals surface area contributed by atoms with Gasteiger partial charge in [-0.05, 0) is 30.5 Å². The first-order valence-corrected chi connectivity index (χ1v) is 9.25. The van der Waals surface area contributed by atoms with Crippen molar-refractivity contribution in [2.75, 3.05) is 12.3 Å². The Hall–Kier alpha value is -1.73. The van der Waals surface area contributed by atoms with E-state index in [4.69, 9.17) is 11.6 Å². The van der Waals surface area contributed by atoms with Crippen LogP contribution in [0.3, 0.4) is 0 Å². The van der Waals surface area contributed by atoms with Crippen molar-refractivity contribution >= 4 is 29.3 Å². The average Bonchev–Trinajstić information content (AvgIpc) is 2.91. The second-order valence-corrected chi connectivity index (χ2v) is 6.71. The topological polar surface area (TPSA) is 79.8 Å². The van der Waals surface area contributed by atoms with Crippen molar-refractivity contribution in [2.45, 2.75) is 37.9 Å². The van der Waals surface area contributed by atoms with Gasteiger partial charge in [-0.2, -0.15) is 0 Å². The molecule has 0 saturated heterocycles. The van der Waals surface area contributed by atoms with Crippen LogP contribution in [0.2, 0.25) is 5.02 Å². The van der Waals surface area contributed by atoms with E-state index in [-0.39, 0.29) is 17.3 Å². The molecule has 0 saturated carbocycles. The molecule has 0 fully saturated rings. The van der Waals surface area contributed by atoms with E-state index in [0.29, 0.717) is 23.3 Å². The zero-order chi connectivity index (χ0) is 17.4. The molecule has 0 aliphatic carbocycles. The number of H-pyrrole nitrogens is 1. The number of nitrogens with zero attached hydrogens (tertiary/aromatic N) is 2. The lowest BCUT2D eigenvalue weighted by molar-refractivity contribution is -0.118. The fourth-order valence-corrected chi connectivity index (χ4v) is 3.16. The lowest BCUT2D eigenvalue weighted by atomic mass is 10.1. The Morgan fingerprint density at radius 2 is 2.29 bits per heavy atom. The molecule has 1 heterocycles. The summed E-state index contributed by atoms with van der Waals surface area (Å²) in [6.07, 6.45) is 2.62. The quantitative estimate of drug-likeness (QED) is 0.666. The number of nitrogens with one attached hydrogen (secondary N) is 2. The third-order valence-corrected chi connectivity index (χ3v) is 4.63. The van der Waals surface area contributed by atoms with Crippen LogP contribution in [0.4, 0.5) is 0 Å². The first-order chi connectivity index (χ1) is 11.6. The minimum atomic E-state index is -0.229. The summed E-state index contributed by atoms with van der Waals surface area (Å²) in [4.78, 5) is 23.6. The maximum Gasteiger partial charge on any atom is 0.343 e. The van der Waals surface area contributed by atoms with Gasteiger partial charge < -0.3 is 5.32 Å². The highest BCUT2D eigenvalue weighted by Crippen LogP contribution is 2.13. The number of carbonyl (C=O) groups excluding carboxylic acids is 1. The largest absolute Gasteiger partial charge is 0.355 e. The second-order valence-electron chi connectivity index (χ2n) is 5.34. The summed E-state index contributed by atoms with van der Waals surface area (Å²) < 4.78 is 1.58. The molecule has 130 valence electrons. The SMILES string of the molecule is CCCCn1c(SCC(=O)NCCc2cccc(Cl)c2)n[nH]c1=O. The smallest absolute Gasteiger partial charge is 0.343 e. The van der Waals surface area contributed by atoms with Crippen molar-refractivity contribution in [2.24, 2.45) is 0 Å². The molecule has 0 atom stereocenters. The molecule has 0 bridgehead atoms. The summed E-state index contributed by atoms with van der Waals surface area (Å²) in [7, 11) is 0. The van der Waals surface area contributed by atoms with Crippen molar-refractivity contribution in [1.82, 2.24) is 20.1 Å². The van der Waals surface area contributed by atoms with Crippen LogP contribution in [0, 0.1) is 0 Å². The van der Waals surface area contributed by atoms with Gasteiger partial charge in [0.25, 0.3) is 0 Å². The fourth-order valence-electron chi connectivity index (χ4n) is 2.15. The predicted octanol–water partition coefficient (Wildman–Crippen LogP) is 2.48. The number of benzene rings is 1. The van der Waals surface area contributed by atoms with Gasteiger partial charge in [0.15, 0.2) is 5.16 Å². The van der Waals surface area contributed by atoms with Gasteiger partial charge in [0.1, 0.15) is 0 Å². The van der Waals surface area contributed by atoms with Gasteiger partial charge in [-0.15, -0.1) is 5.10 Å². The fraction of sp³-hybridized carbons (Fsp3) is 0.438. The Morgan fingerprint density at radius 3 is 3.04 bits per heavy atom. The minimum absolute atomic E-state index is 0.0838. The van der Waals surface area contributed by atoms with E-state index in [9.17, 15) is 9.59 Å². The van der Waals surface area contributed by atoms with Gasteiger partial charge in [0, 0.05) is 18.1 Å². The normalized spacial score (nSPS) is 10.8. The van der Waals surface area contributed by atoms with Crippen LogP contribution in [0.15, 0.2) is 34.2 Å². The van der Waals surface area contributed by atoms with Crippen molar-refractivity contribution in [3.8, 4) is 0 Å². The van der Waals surface area contributed by atoms with Crippen LogP contribution in [0.1, 0.15) is 25.3 Å². The van der Waals surface area contributed by atoms with Crippen molar-refractivity contribution in [1.29, 1.82) is 0 Å². The van der Waals surface area contributed by atoms with Crippen molar-refractivity contribution < 1.29 is 4.79 Å². The monoisotopic (exact) mass is 368 g/mol. The Balaban J connectivity index is 1.76. The number of aromatic nitrogens is 3. The van der Waals surface area contributed by atoms with E-state index in [1.165, 1.54) is 11.8 Å². The summed E-state index contributed by atoms with van der Waals surface area (Å²) in [5.41, 5.74) is 0.850. The number of unbranched alkanes of at least 4 members (excludes halogenated alkanes) is 1. The van der Waals surface area contributed by atoms with Gasteiger partial charge in [-0.1, -0.05) is 48.8 Å². The molecular weight excluding hydrogens is 348 g/mol. The summed E-state index contributed by atoms with van der Waals surface area (Å²) in [6, 6.07) is 7.58. The molecular formula is C16H21ClN4O2S. The lowest BCUT2D eigenvalue weighted by Gasteiger charge is -2.06. The summed E-state index contributed by atoms with van der Waals surface area (Å²) in [5, 5.41) is 10.5. The van der Waals surface area contributed by atoms with Gasteiger partial charge >= 0.3 is 5.69 Å². The number of halogens is 1. The molecule has 0 aliphatic rings. The molecule has 0 spiro atoms. The van der Waals surface area contributed by atoms with Gasteiger partial charge in [0.05, 0.1) is 5.75 Å². The molecule has 2 aromatic rings. The molecule has 1 aromatic heterocycles. The predicted molar refractivity (Wildman–Crippen MR) is 96.6 cm³/mol. The van der Waals surface area contributed by atoms with E-state index in [2.05, 4.69) is 22.4 Å². The van der Waals surface area contributed by atoms with E-state index in [1.807, 2.05) is 24.3 Å². The number of hydrogen-bond donors (Lipinski definition) is 2. The molecule has 1 amide bonds. The van der Waals surface area contributed by atoms with E-state index in [1.54, 1.807) is 4.57 Å². The molecule has 1 aromatic carbocycles. The standard InChI is InChI=1S/C16H21ClN4O2S/c1-2-3-9-21-15(23)19-20-16(21)24-11-14(22)18-8-7-12-5-4-6-13(17)10-12/h4-6,10H,2-3,7-9,11H2,1H3,(H,18,22)(H,19,23). The van der Waals surface area contributed by atoms with Crippen LogP contribution < -0.4 is 11.0 Å². The van der Waals surface area contributed by atoms with Crippen LogP contribution in [0.25, 0.3) is 0 Å². The first-order valence-electron chi connectivity index (χ1n) is 7.89. The number of aromatic amines is 1. The zero-order valence-corrected chi connectivity index (χ0v) is 15.1. The first kappa shape index (κ1) is 18.6. The highest BCUT2D eigenvalue weighted by molar-refractivity contribution is 7.99. The van der Waals surface area contributed by atoms with Gasteiger partial charge in [0.2, 0.25) is 5.91 Å². The van der Waals surface area contributed by atoms with Crippen LogP contribution in [0.5, 0.6) is 0 Å². The molecule has 2 N–H and O–H groups in total. The van der Waals surface area contributed by atoms with Crippen molar-refractivity contribution in [3.63, 3.8) is 0 Å². The van der Waals surface area contributed by atoms with E-state index in [0.717, 1.165) is 24.8 Å². The highest BCUT2D eigenvalue weighted by Gasteiger charge is 2.10. The van der Waals surface area contributed by atoms with Crippen LogP contribution >= 0.6 is 23.4 Å². The highest BCUT2D eigenvalue weighted by atomic mass is 35.5. The minimum Gasteiger partial charge on any atom is -0.355 e. The lowest BCUT2D eigenvalue weighted by Crippen LogP contribution is -2.27. The van der Waals surface area contributed by atoms with E-state index < -0.39 is 0 Å². The summed E-state index contributed by atoms with van der Waals surface area (Å²) in [6.45, 7) is 3.22. The third kappa shape index (κ3) is 5.72. The van der Waals surface area contributed by atoms with Gasteiger partial charge in [-0.3, -0.25) is 9.36 Å². The molecule has 8 heteroatoms. The van der Waals surface area contributed by atoms with Crippen LogP contribution in [-0.2, 0) is 17.8 Å². The average molecular weight is 369 g/mol. The molecule has 0 unspecified atom stereocenters. The van der Waals surface area contributed by atoms with Crippen molar-refractivity contribution in [3.05, 3.63) is 45.3 Å². The third-order valence-electron chi connectivity index (χ3n) is 3.42.